The van der Waals surface area contributed by atoms with Crippen molar-refractivity contribution in [3.05, 3.63) is 32.7 Å². The number of hydrogen-bond donors (Lipinski definition) is 2. The first-order valence-electron chi connectivity index (χ1n) is 5.80. The number of rotatable bonds is 6. The Balaban J connectivity index is 2.61. The quantitative estimate of drug-likeness (QED) is 0.791. The van der Waals surface area contributed by atoms with Crippen LogP contribution in [0.1, 0.15) is 25.8 Å². The summed E-state index contributed by atoms with van der Waals surface area (Å²) in [6.07, 6.45) is 0.632. The maximum atomic E-state index is 11.1. The van der Waals surface area contributed by atoms with E-state index in [1.54, 1.807) is 0 Å². The fraction of sp³-hybridized carbons (Fsp3) is 0.462. The van der Waals surface area contributed by atoms with E-state index in [4.69, 9.17) is 5.11 Å². The van der Waals surface area contributed by atoms with Gasteiger partial charge in [0.1, 0.15) is 6.04 Å². The zero-order valence-electron chi connectivity index (χ0n) is 10.4. The van der Waals surface area contributed by atoms with E-state index in [-0.39, 0.29) is 0 Å². The van der Waals surface area contributed by atoms with Crippen LogP contribution >= 0.6 is 31.9 Å². The second-order valence-corrected chi connectivity index (χ2v) is 6.36. The normalized spacial score (nSPS) is 12.7. The molecular weight excluding hydrogens is 362 g/mol. The third-order valence-electron chi connectivity index (χ3n) is 2.54. The Morgan fingerprint density at radius 3 is 2.50 bits per heavy atom. The first kappa shape index (κ1) is 15.7. The molecule has 0 saturated heterocycles. The minimum Gasteiger partial charge on any atom is -0.480 e. The first-order chi connectivity index (χ1) is 8.40. The van der Waals surface area contributed by atoms with Crippen LogP contribution in [0.3, 0.4) is 0 Å². The molecule has 0 aromatic heterocycles. The summed E-state index contributed by atoms with van der Waals surface area (Å²) in [4.78, 5) is 11.1. The Morgan fingerprint density at radius 1 is 1.33 bits per heavy atom. The number of nitrogens with one attached hydrogen (secondary N) is 1. The number of carbonyl (C=O) groups is 1. The molecule has 1 aromatic rings. The summed E-state index contributed by atoms with van der Waals surface area (Å²) in [6.45, 7) is 4.59. The van der Waals surface area contributed by atoms with Crippen molar-refractivity contribution in [2.45, 2.75) is 32.9 Å². The molecule has 0 heterocycles. The molecule has 2 N–H and O–H groups in total. The Morgan fingerprint density at radius 2 is 2.00 bits per heavy atom. The molecule has 1 atom stereocenters. The van der Waals surface area contributed by atoms with Gasteiger partial charge in [0.2, 0.25) is 0 Å². The lowest BCUT2D eigenvalue weighted by Gasteiger charge is -2.16. The smallest absolute Gasteiger partial charge is 0.320 e. The molecule has 0 aliphatic carbocycles. The van der Waals surface area contributed by atoms with Gasteiger partial charge in [0.25, 0.3) is 0 Å². The maximum Gasteiger partial charge on any atom is 0.320 e. The summed E-state index contributed by atoms with van der Waals surface area (Å²) < 4.78 is 1.96. The van der Waals surface area contributed by atoms with Crippen molar-refractivity contribution in [3.8, 4) is 0 Å². The topological polar surface area (TPSA) is 49.3 Å². The fourth-order valence-corrected chi connectivity index (χ4v) is 2.31. The molecule has 0 spiro atoms. The SMILES string of the molecule is CC(C)CC(NCc1ccc(Br)c(Br)c1)C(=O)O. The molecule has 3 nitrogen and oxygen atoms in total. The first-order valence-corrected chi connectivity index (χ1v) is 7.39. The average Bonchev–Trinajstić information content (AvgIpc) is 2.28. The van der Waals surface area contributed by atoms with Crippen molar-refractivity contribution in [3.63, 3.8) is 0 Å². The highest BCUT2D eigenvalue weighted by atomic mass is 79.9. The Labute approximate surface area is 124 Å². The molecule has 5 heteroatoms. The number of hydrogen-bond acceptors (Lipinski definition) is 2. The predicted octanol–water partition coefficient (Wildman–Crippen LogP) is 3.80. The van der Waals surface area contributed by atoms with E-state index in [0.29, 0.717) is 18.9 Å². The third-order valence-corrected chi connectivity index (χ3v) is 4.42. The highest BCUT2D eigenvalue weighted by Crippen LogP contribution is 2.23. The molecule has 18 heavy (non-hydrogen) atoms. The van der Waals surface area contributed by atoms with Gasteiger partial charge in [0, 0.05) is 15.5 Å². The van der Waals surface area contributed by atoms with Gasteiger partial charge in [-0.2, -0.15) is 0 Å². The van der Waals surface area contributed by atoms with Crippen molar-refractivity contribution < 1.29 is 9.90 Å². The van der Waals surface area contributed by atoms with E-state index in [1.807, 2.05) is 32.0 Å². The molecule has 1 rings (SSSR count). The molecule has 0 radical (unpaired) electrons. The highest BCUT2D eigenvalue weighted by molar-refractivity contribution is 9.13. The van der Waals surface area contributed by atoms with Crippen molar-refractivity contribution >= 4 is 37.8 Å². The highest BCUT2D eigenvalue weighted by Gasteiger charge is 2.17. The van der Waals surface area contributed by atoms with Crippen LogP contribution in [0.25, 0.3) is 0 Å². The van der Waals surface area contributed by atoms with Crippen molar-refractivity contribution in [1.29, 1.82) is 0 Å². The van der Waals surface area contributed by atoms with Gasteiger partial charge in [-0.3, -0.25) is 4.79 Å². The van der Waals surface area contributed by atoms with E-state index in [2.05, 4.69) is 37.2 Å². The van der Waals surface area contributed by atoms with Crippen LogP contribution in [-0.4, -0.2) is 17.1 Å². The van der Waals surface area contributed by atoms with Crippen molar-refractivity contribution in [1.82, 2.24) is 5.32 Å². The second-order valence-electron chi connectivity index (χ2n) is 4.65. The van der Waals surface area contributed by atoms with Crippen LogP contribution in [0.5, 0.6) is 0 Å². The molecule has 0 bridgehead atoms. The van der Waals surface area contributed by atoms with Crippen LogP contribution in [0.4, 0.5) is 0 Å². The van der Waals surface area contributed by atoms with Gasteiger partial charge < -0.3 is 10.4 Å². The number of aliphatic carboxylic acids is 1. The van der Waals surface area contributed by atoms with Gasteiger partial charge in [0.05, 0.1) is 0 Å². The van der Waals surface area contributed by atoms with Crippen molar-refractivity contribution in [2.75, 3.05) is 0 Å². The van der Waals surface area contributed by atoms with E-state index < -0.39 is 12.0 Å². The van der Waals surface area contributed by atoms with Crippen LogP contribution in [0.2, 0.25) is 0 Å². The van der Waals surface area contributed by atoms with Crippen LogP contribution in [0, 0.1) is 5.92 Å². The van der Waals surface area contributed by atoms with Crippen LogP contribution < -0.4 is 5.32 Å². The Hall–Kier alpha value is -0.390. The largest absolute Gasteiger partial charge is 0.480 e. The van der Waals surface area contributed by atoms with E-state index in [0.717, 1.165) is 14.5 Å². The lowest BCUT2D eigenvalue weighted by molar-refractivity contribution is -0.140. The van der Waals surface area contributed by atoms with Gasteiger partial charge in [-0.1, -0.05) is 19.9 Å². The zero-order valence-corrected chi connectivity index (χ0v) is 13.6. The number of halogens is 2. The predicted molar refractivity (Wildman–Crippen MR) is 79.6 cm³/mol. The lowest BCUT2D eigenvalue weighted by atomic mass is 10.0. The van der Waals surface area contributed by atoms with Crippen LogP contribution in [0.15, 0.2) is 27.1 Å². The summed E-state index contributed by atoms with van der Waals surface area (Å²) in [5.74, 6) is -0.435. The maximum absolute atomic E-state index is 11.1. The molecule has 0 aliphatic rings. The van der Waals surface area contributed by atoms with E-state index in [9.17, 15) is 4.79 Å². The van der Waals surface area contributed by atoms with Gasteiger partial charge in [-0.25, -0.2) is 0 Å². The minimum absolute atomic E-state index is 0.357. The number of carboxylic acid groups (broad SMARTS) is 1. The molecule has 0 aliphatic heterocycles. The molecule has 1 unspecified atom stereocenters. The Bertz CT molecular complexity index is 421. The summed E-state index contributed by atoms with van der Waals surface area (Å²) in [5.41, 5.74) is 1.06. The van der Waals surface area contributed by atoms with E-state index in [1.165, 1.54) is 0 Å². The standard InChI is InChI=1S/C13H17Br2NO2/c1-8(2)5-12(13(17)18)16-7-9-3-4-10(14)11(15)6-9/h3-4,6,8,12,16H,5,7H2,1-2H3,(H,17,18). The molecule has 100 valence electrons. The number of carboxylic acids is 1. The summed E-state index contributed by atoms with van der Waals surface area (Å²) in [6, 6.07) is 5.40. The molecular formula is C13H17Br2NO2. The van der Waals surface area contributed by atoms with Crippen LogP contribution in [-0.2, 0) is 11.3 Å². The molecule has 0 saturated carbocycles. The molecule has 0 amide bonds. The summed E-state index contributed by atoms with van der Waals surface area (Å²) in [7, 11) is 0. The number of benzene rings is 1. The molecule has 1 aromatic carbocycles. The minimum atomic E-state index is -0.792. The van der Waals surface area contributed by atoms with E-state index >= 15 is 0 Å². The Kier molecular flexibility index (Phi) is 6.32. The second kappa shape index (κ2) is 7.26. The van der Waals surface area contributed by atoms with Crippen molar-refractivity contribution in [2.24, 2.45) is 5.92 Å². The third kappa shape index (κ3) is 5.08. The monoisotopic (exact) mass is 377 g/mol. The summed E-state index contributed by atoms with van der Waals surface area (Å²) in [5, 5.41) is 12.2. The fourth-order valence-electron chi connectivity index (χ4n) is 1.63. The van der Waals surface area contributed by atoms with Gasteiger partial charge in [-0.15, -0.1) is 0 Å². The lowest BCUT2D eigenvalue weighted by Crippen LogP contribution is -2.37. The summed E-state index contributed by atoms with van der Waals surface area (Å²) >= 11 is 6.84. The molecule has 0 fully saturated rings. The average molecular weight is 379 g/mol. The van der Waals surface area contributed by atoms with Gasteiger partial charge >= 0.3 is 5.97 Å². The zero-order chi connectivity index (χ0) is 13.7. The van der Waals surface area contributed by atoms with Gasteiger partial charge in [-0.05, 0) is 61.9 Å². The van der Waals surface area contributed by atoms with Gasteiger partial charge in [0.15, 0.2) is 0 Å².